The van der Waals surface area contributed by atoms with E-state index in [1.807, 2.05) is 11.3 Å². The van der Waals surface area contributed by atoms with E-state index >= 15 is 0 Å². The van der Waals surface area contributed by atoms with Crippen LogP contribution in [0.1, 0.15) is 30.2 Å². The summed E-state index contributed by atoms with van der Waals surface area (Å²) >= 11 is 4.28. The lowest BCUT2D eigenvalue weighted by Gasteiger charge is -2.16. The summed E-state index contributed by atoms with van der Waals surface area (Å²) in [5.74, 6) is 0.490. The van der Waals surface area contributed by atoms with Gasteiger partial charge < -0.3 is 5.73 Å². The molecule has 3 heteroatoms. The Kier molecular flexibility index (Phi) is 4.69. The summed E-state index contributed by atoms with van der Waals surface area (Å²) in [4.78, 5) is 1.51. The van der Waals surface area contributed by atoms with E-state index < -0.39 is 0 Å². The predicted octanol–water partition coefficient (Wildman–Crippen LogP) is 3.18. The van der Waals surface area contributed by atoms with Gasteiger partial charge in [-0.2, -0.15) is 0 Å². The molecule has 1 rings (SSSR count). The van der Waals surface area contributed by atoms with Crippen molar-refractivity contribution in [1.82, 2.24) is 0 Å². The van der Waals surface area contributed by atoms with Crippen LogP contribution in [0.4, 0.5) is 0 Å². The molecule has 0 bridgehead atoms. The molecular weight excluding hydrogens is 293 g/mol. The summed E-state index contributed by atoms with van der Waals surface area (Å²) in [6, 6.07) is 2.47. The molecule has 0 unspecified atom stereocenters. The second kappa shape index (κ2) is 5.32. The maximum Gasteiger partial charge on any atom is 0.00881 e. The van der Waals surface area contributed by atoms with E-state index in [9.17, 15) is 0 Å². The number of alkyl halides is 1. The van der Waals surface area contributed by atoms with E-state index in [2.05, 4.69) is 47.9 Å². The van der Waals surface area contributed by atoms with Crippen LogP contribution in [-0.2, 0) is 6.42 Å². The summed E-state index contributed by atoms with van der Waals surface area (Å²) in [5.41, 5.74) is 7.35. The summed E-state index contributed by atoms with van der Waals surface area (Å²) in [5, 5.41) is 2.18. The topological polar surface area (TPSA) is 26.0 Å². The quantitative estimate of drug-likeness (QED) is 0.671. The minimum absolute atomic E-state index is 0.252. The summed E-state index contributed by atoms with van der Waals surface area (Å²) in [7, 11) is 0. The highest BCUT2D eigenvalue weighted by atomic mass is 127. The van der Waals surface area contributed by atoms with Crippen molar-refractivity contribution in [2.24, 2.45) is 5.73 Å². The van der Waals surface area contributed by atoms with Crippen LogP contribution in [0, 0.1) is 0 Å². The fourth-order valence-corrected chi connectivity index (χ4v) is 3.22. The van der Waals surface area contributed by atoms with Gasteiger partial charge in [-0.15, -0.1) is 11.3 Å². The number of rotatable bonds is 4. The minimum atomic E-state index is 0.252. The molecule has 0 saturated carbocycles. The highest BCUT2D eigenvalue weighted by Crippen LogP contribution is 2.27. The van der Waals surface area contributed by atoms with Crippen LogP contribution in [0.3, 0.4) is 0 Å². The second-order valence-corrected chi connectivity index (χ2v) is 5.47. The Bertz CT molecular complexity index is 257. The van der Waals surface area contributed by atoms with E-state index in [1.165, 1.54) is 21.3 Å². The molecule has 0 aliphatic heterocycles. The van der Waals surface area contributed by atoms with Crippen molar-refractivity contribution < 1.29 is 0 Å². The van der Waals surface area contributed by atoms with Gasteiger partial charge in [0, 0.05) is 15.3 Å². The van der Waals surface area contributed by atoms with Crippen LogP contribution in [0.25, 0.3) is 0 Å². The fourth-order valence-electron chi connectivity index (χ4n) is 1.33. The molecule has 1 aromatic heterocycles. The summed E-state index contributed by atoms with van der Waals surface area (Å²) in [6.45, 7) is 4.29. The van der Waals surface area contributed by atoms with E-state index in [1.54, 1.807) is 0 Å². The lowest BCUT2D eigenvalue weighted by molar-refractivity contribution is 0.611. The number of hydrogen-bond donors (Lipinski definition) is 1. The number of nitrogens with two attached hydrogens (primary N) is 1. The predicted molar refractivity (Wildman–Crippen MR) is 69.0 cm³/mol. The molecule has 2 N–H and O–H groups in total. The maximum atomic E-state index is 5.89. The summed E-state index contributed by atoms with van der Waals surface area (Å²) < 4.78 is 1.19. The monoisotopic (exact) mass is 309 g/mol. The van der Waals surface area contributed by atoms with Crippen molar-refractivity contribution in [3.8, 4) is 0 Å². The van der Waals surface area contributed by atoms with E-state index in [4.69, 9.17) is 5.73 Å². The Morgan fingerprint density at radius 3 is 2.77 bits per heavy atom. The third-order valence-corrected chi connectivity index (χ3v) is 3.92. The van der Waals surface area contributed by atoms with Gasteiger partial charge in [-0.05, 0) is 36.3 Å². The molecule has 13 heavy (non-hydrogen) atoms. The largest absolute Gasteiger partial charge is 0.327 e. The molecule has 74 valence electrons. The molecule has 0 saturated heterocycles. The number of thiophene rings is 1. The molecular formula is C10H16INS. The molecule has 0 spiro atoms. The van der Waals surface area contributed by atoms with Crippen molar-refractivity contribution >= 4 is 33.9 Å². The van der Waals surface area contributed by atoms with Gasteiger partial charge in [0.2, 0.25) is 0 Å². The van der Waals surface area contributed by atoms with Gasteiger partial charge in [-0.3, -0.25) is 0 Å². The Morgan fingerprint density at radius 1 is 1.54 bits per heavy atom. The molecule has 0 aliphatic rings. The Hall–Kier alpha value is 0.390. The Morgan fingerprint density at radius 2 is 2.23 bits per heavy atom. The van der Waals surface area contributed by atoms with Crippen LogP contribution in [0.5, 0.6) is 0 Å². The van der Waals surface area contributed by atoms with Crippen LogP contribution in [0.15, 0.2) is 11.4 Å². The number of hydrogen-bond acceptors (Lipinski definition) is 2. The highest BCUT2D eigenvalue weighted by Gasteiger charge is 2.14. The third kappa shape index (κ3) is 2.92. The first kappa shape index (κ1) is 11.5. The first-order chi connectivity index (χ1) is 6.16. The van der Waals surface area contributed by atoms with Gasteiger partial charge in [0.05, 0.1) is 0 Å². The van der Waals surface area contributed by atoms with E-state index in [-0.39, 0.29) is 6.04 Å². The van der Waals surface area contributed by atoms with Crippen molar-refractivity contribution in [3.63, 3.8) is 0 Å². The second-order valence-electron chi connectivity index (χ2n) is 3.39. The lowest BCUT2D eigenvalue weighted by atomic mass is 9.95. The SMILES string of the molecule is C[C@H](N)[C@H](C)c1ccsc1CCI. The standard InChI is InChI=1S/C10H16INS/c1-7(8(2)12)9-4-6-13-10(9)3-5-11/h4,6-8H,3,5,12H2,1-2H3/t7-,8-/m0/s1. The molecule has 2 atom stereocenters. The number of halogens is 1. The fraction of sp³-hybridized carbons (Fsp3) is 0.600. The first-order valence-electron chi connectivity index (χ1n) is 4.54. The van der Waals surface area contributed by atoms with Crippen molar-refractivity contribution in [2.45, 2.75) is 32.2 Å². The Balaban J connectivity index is 2.80. The van der Waals surface area contributed by atoms with Crippen molar-refractivity contribution in [3.05, 3.63) is 21.9 Å². The molecule has 1 nitrogen and oxygen atoms in total. The van der Waals surface area contributed by atoms with Gasteiger partial charge in [0.15, 0.2) is 0 Å². The highest BCUT2D eigenvalue weighted by molar-refractivity contribution is 14.1. The smallest absolute Gasteiger partial charge is 0.00881 e. The molecule has 0 aromatic carbocycles. The molecule has 0 aliphatic carbocycles. The zero-order chi connectivity index (χ0) is 9.84. The molecule has 1 heterocycles. The van der Waals surface area contributed by atoms with Crippen LogP contribution in [0.2, 0.25) is 0 Å². The zero-order valence-corrected chi connectivity index (χ0v) is 11.1. The van der Waals surface area contributed by atoms with E-state index in [0.717, 1.165) is 0 Å². The van der Waals surface area contributed by atoms with Crippen molar-refractivity contribution in [2.75, 3.05) is 4.43 Å². The third-order valence-electron chi connectivity index (χ3n) is 2.38. The van der Waals surface area contributed by atoms with Crippen LogP contribution in [-0.4, -0.2) is 10.5 Å². The summed E-state index contributed by atoms with van der Waals surface area (Å²) in [6.07, 6.45) is 1.19. The van der Waals surface area contributed by atoms with Gasteiger partial charge in [0.25, 0.3) is 0 Å². The zero-order valence-electron chi connectivity index (χ0n) is 8.09. The average Bonchev–Trinajstić information content (AvgIpc) is 2.52. The molecule has 0 radical (unpaired) electrons. The molecule has 0 amide bonds. The van der Waals surface area contributed by atoms with Crippen LogP contribution >= 0.6 is 33.9 Å². The average molecular weight is 309 g/mol. The van der Waals surface area contributed by atoms with Gasteiger partial charge in [-0.1, -0.05) is 29.5 Å². The minimum Gasteiger partial charge on any atom is -0.327 e. The normalized spacial score (nSPS) is 15.7. The van der Waals surface area contributed by atoms with Gasteiger partial charge in [0.1, 0.15) is 0 Å². The maximum absolute atomic E-state index is 5.89. The van der Waals surface area contributed by atoms with Crippen molar-refractivity contribution in [1.29, 1.82) is 0 Å². The number of aryl methyl sites for hydroxylation is 1. The van der Waals surface area contributed by atoms with Crippen LogP contribution < -0.4 is 5.73 Å². The Labute approximate surface area is 97.9 Å². The molecule has 1 aromatic rings. The van der Waals surface area contributed by atoms with Gasteiger partial charge in [-0.25, -0.2) is 0 Å². The lowest BCUT2D eigenvalue weighted by Crippen LogP contribution is -2.22. The molecule has 0 fully saturated rings. The first-order valence-corrected chi connectivity index (χ1v) is 6.95. The van der Waals surface area contributed by atoms with E-state index in [0.29, 0.717) is 5.92 Å². The van der Waals surface area contributed by atoms with Gasteiger partial charge >= 0.3 is 0 Å².